The third-order valence-electron chi connectivity index (χ3n) is 13.1. The van der Waals surface area contributed by atoms with Crippen LogP contribution in [0.25, 0.3) is 10.9 Å². The molecule has 325 valence electrons. The van der Waals surface area contributed by atoms with Gasteiger partial charge in [-0.15, -0.1) is 12.0 Å². The predicted molar refractivity (Wildman–Crippen MR) is 219 cm³/mol. The number of allylic oxidation sites excluding steroid dienone is 2. The van der Waals surface area contributed by atoms with Crippen LogP contribution in [-0.4, -0.2) is 45.7 Å². The number of halogens is 6. The Bertz CT molecular complexity index is 2800. The minimum atomic E-state index is -6.14. The average Bonchev–Trinajstić information content (AvgIpc) is 3.90. The van der Waals surface area contributed by atoms with Crippen LogP contribution >= 0.6 is 0 Å². The van der Waals surface area contributed by atoms with E-state index >= 15 is 26.3 Å². The van der Waals surface area contributed by atoms with Crippen molar-refractivity contribution in [1.82, 2.24) is 9.97 Å². The summed E-state index contributed by atoms with van der Waals surface area (Å²) in [7, 11) is 0. The van der Waals surface area contributed by atoms with Gasteiger partial charge in [-0.3, -0.25) is 24.0 Å². The predicted octanol–water partition coefficient (Wildman–Crippen LogP) is 10.1. The van der Waals surface area contributed by atoms with Gasteiger partial charge in [-0.2, -0.15) is 32.3 Å². The normalized spacial score (nSPS) is 23.4. The molecule has 15 heteroatoms. The topological polar surface area (TPSA) is 117 Å². The summed E-state index contributed by atoms with van der Waals surface area (Å²) in [6.07, 6.45) is -7.29. The number of imide groups is 1. The summed E-state index contributed by atoms with van der Waals surface area (Å²) in [5.74, 6) is -5.46. The monoisotopic (exact) mass is 906 g/mol. The van der Waals surface area contributed by atoms with Crippen LogP contribution in [0.1, 0.15) is 102 Å². The maximum absolute atomic E-state index is 15.4. The molecule has 1 saturated carbocycles. The van der Waals surface area contributed by atoms with E-state index in [1.165, 1.54) is 29.8 Å². The number of aromatic nitrogens is 2. The zero-order valence-electron chi connectivity index (χ0n) is 33.7. The standard InChI is InChI=1S/C47H35F6N3O5.CH3.Fe/c1-22-8-15-30(26-18-23(2)24(3)19-26)37(22)25-9-13-29(14-10-25)56-43(60)32-17-12-28(21-35(32)44(56)61)45(46(48,49)50,47(51,52)53)27-11-16-31-34(20-27)40(58)38(39(31)57)41-54-36-7-5-4-6-33(36)42(59)55-41;;/h4-7,9-14,16-18,20-24,30,37-38H,1-2,8,15,19H2,3H3,(H,54,55,59);1H3;/q-2;-1;+3. The number of nitrogens with one attached hydrogen (secondary N) is 1. The number of para-hydroxylation sites is 1. The molecule has 1 aromatic heterocycles. The van der Waals surface area contributed by atoms with Gasteiger partial charge in [0.15, 0.2) is 11.6 Å². The molecule has 1 N–H and O–H groups in total. The molecule has 2 heterocycles. The fourth-order valence-electron chi connectivity index (χ4n) is 9.96. The van der Waals surface area contributed by atoms with Crippen molar-refractivity contribution in [1.29, 1.82) is 0 Å². The Morgan fingerprint density at radius 2 is 1.32 bits per heavy atom. The number of carbonyl (C=O) groups excluding carboxylic acids is 4. The van der Waals surface area contributed by atoms with E-state index in [1.807, 2.05) is 0 Å². The van der Waals surface area contributed by atoms with Gasteiger partial charge in [-0.25, -0.2) is 9.88 Å². The minimum Gasteiger partial charge on any atom is -0.358 e. The third kappa shape index (κ3) is 6.81. The zero-order valence-corrected chi connectivity index (χ0v) is 34.8. The second-order valence-electron chi connectivity index (χ2n) is 16.5. The molecule has 0 bridgehead atoms. The number of anilines is 1. The first kappa shape index (κ1) is 45.4. The quantitative estimate of drug-likeness (QED) is 0.0453. The summed E-state index contributed by atoms with van der Waals surface area (Å²) in [6.45, 7) is 10.8. The SMILES string of the molecule is [CH2-]C1C=C(C2CCC([CH2-])C2c2ccc(N3C(=O)c4ccc(C(c5ccc6c(c5)C(=O)C(c5nc7ccccc7c(=O)[nH]5)C6=O)(C(F)(F)F)C(F)(F)F)cc4C3=O)cc2)CC1C.[CH3-].[Fe+3]. The van der Waals surface area contributed by atoms with E-state index in [9.17, 15) is 24.0 Å². The Kier molecular flexibility index (Phi) is 11.4. The first-order valence-electron chi connectivity index (χ1n) is 19.7. The van der Waals surface area contributed by atoms with Crippen molar-refractivity contribution in [3.05, 3.63) is 173 Å². The van der Waals surface area contributed by atoms with E-state index < -0.39 is 91.8 Å². The molecule has 1 aliphatic heterocycles. The number of H-pyrrole nitrogens is 1. The van der Waals surface area contributed by atoms with Crippen LogP contribution in [0.2, 0.25) is 0 Å². The smallest absolute Gasteiger partial charge is 0.358 e. The Labute approximate surface area is 368 Å². The molecule has 1 radical (unpaired) electrons. The van der Waals surface area contributed by atoms with E-state index in [4.69, 9.17) is 0 Å². The van der Waals surface area contributed by atoms with Crippen molar-refractivity contribution >= 4 is 40.0 Å². The van der Waals surface area contributed by atoms with Gasteiger partial charge >= 0.3 is 29.4 Å². The summed E-state index contributed by atoms with van der Waals surface area (Å²) < 4.78 is 92.6. The maximum Gasteiger partial charge on any atom is 3.00 e. The molecular formula is C48H38F6FeN3O5. The minimum absolute atomic E-state index is 0. The van der Waals surface area contributed by atoms with Crippen LogP contribution in [0.15, 0.2) is 101 Å². The molecule has 8 nitrogen and oxygen atoms in total. The fraction of sp³-hybridized carbons (Fsp3) is 0.271. The van der Waals surface area contributed by atoms with Crippen molar-refractivity contribution < 1.29 is 62.6 Å². The van der Waals surface area contributed by atoms with Gasteiger partial charge in [0.2, 0.25) is 5.41 Å². The maximum atomic E-state index is 15.4. The number of aromatic amines is 1. The Balaban J connectivity index is 0.00000298. The molecular weight excluding hydrogens is 868 g/mol. The summed E-state index contributed by atoms with van der Waals surface area (Å²) in [5, 5.41) is 0.125. The van der Waals surface area contributed by atoms with Crippen LogP contribution in [0.4, 0.5) is 32.0 Å². The second-order valence-corrected chi connectivity index (χ2v) is 16.5. The van der Waals surface area contributed by atoms with Crippen LogP contribution in [0.5, 0.6) is 0 Å². The van der Waals surface area contributed by atoms with E-state index in [1.54, 1.807) is 24.3 Å². The van der Waals surface area contributed by atoms with Crippen molar-refractivity contribution in [2.24, 2.45) is 23.7 Å². The number of Topliss-reactive ketones (excluding diaryl/α,β-unsaturated/α-hetero) is 2. The van der Waals surface area contributed by atoms with Crippen molar-refractivity contribution in [2.75, 3.05) is 4.90 Å². The second kappa shape index (κ2) is 15.8. The van der Waals surface area contributed by atoms with Crippen molar-refractivity contribution in [2.45, 2.75) is 55.8 Å². The van der Waals surface area contributed by atoms with E-state index in [0.29, 0.717) is 41.1 Å². The number of carbonyl (C=O) groups is 4. The van der Waals surface area contributed by atoms with Gasteiger partial charge in [0, 0.05) is 11.1 Å². The van der Waals surface area contributed by atoms with Gasteiger partial charge in [-0.05, 0) is 83.8 Å². The van der Waals surface area contributed by atoms with Gasteiger partial charge in [-0.1, -0.05) is 67.3 Å². The summed E-state index contributed by atoms with van der Waals surface area (Å²) >= 11 is 0. The molecule has 1 fully saturated rings. The number of rotatable bonds is 6. The molecule has 6 atom stereocenters. The molecule has 0 spiro atoms. The van der Waals surface area contributed by atoms with E-state index in [0.717, 1.165) is 30.9 Å². The molecule has 2 amide bonds. The first-order valence-corrected chi connectivity index (χ1v) is 19.7. The summed E-state index contributed by atoms with van der Waals surface area (Å²) in [5.41, 5.74) is -8.29. The van der Waals surface area contributed by atoms with E-state index in [2.05, 4.69) is 36.8 Å². The van der Waals surface area contributed by atoms with Crippen molar-refractivity contribution in [3.8, 4) is 0 Å². The number of benzene rings is 4. The number of ketones is 2. The molecule has 9 rings (SSSR count). The van der Waals surface area contributed by atoms with Crippen LogP contribution in [-0.2, 0) is 22.5 Å². The Hall–Kier alpha value is -5.66. The molecule has 4 aromatic carbocycles. The third-order valence-corrected chi connectivity index (χ3v) is 13.1. The molecule has 6 unspecified atom stereocenters. The molecule has 3 aliphatic carbocycles. The number of hydrogen-bond acceptors (Lipinski definition) is 6. The first-order chi connectivity index (χ1) is 28.8. The van der Waals surface area contributed by atoms with Gasteiger partial charge < -0.3 is 26.3 Å². The molecule has 0 saturated heterocycles. The largest absolute Gasteiger partial charge is 3.00 e. The molecule has 63 heavy (non-hydrogen) atoms. The van der Waals surface area contributed by atoms with Gasteiger partial charge in [0.05, 0.1) is 27.7 Å². The summed E-state index contributed by atoms with van der Waals surface area (Å²) in [6, 6.07) is 15.8. The van der Waals surface area contributed by atoms with Crippen LogP contribution < -0.4 is 10.5 Å². The summed E-state index contributed by atoms with van der Waals surface area (Å²) in [4.78, 5) is 74.9. The van der Waals surface area contributed by atoms with Crippen molar-refractivity contribution in [3.63, 3.8) is 0 Å². The van der Waals surface area contributed by atoms with Crippen LogP contribution in [0.3, 0.4) is 0 Å². The number of amides is 2. The molecule has 4 aliphatic rings. The Morgan fingerprint density at radius 1 is 0.730 bits per heavy atom. The average molecular weight is 907 g/mol. The van der Waals surface area contributed by atoms with Gasteiger partial charge in [0.1, 0.15) is 11.7 Å². The van der Waals surface area contributed by atoms with Gasteiger partial charge in [0.25, 0.3) is 17.4 Å². The number of hydrogen-bond donors (Lipinski definition) is 1. The molecule has 5 aromatic rings. The fourth-order valence-corrected chi connectivity index (χ4v) is 9.96. The number of fused-ring (bicyclic) bond motifs is 3. The number of alkyl halides is 6. The van der Waals surface area contributed by atoms with E-state index in [-0.39, 0.29) is 64.8 Å². The number of nitrogens with zero attached hydrogens (tertiary/aromatic N) is 2. The van der Waals surface area contributed by atoms with Crippen LogP contribution in [0, 0.1) is 44.9 Å². The zero-order chi connectivity index (χ0) is 43.5. The Morgan fingerprint density at radius 3 is 1.94 bits per heavy atom.